The number of ether oxygens (including phenoxy) is 1. The van der Waals surface area contributed by atoms with Crippen LogP contribution in [0.4, 0.5) is 0 Å². The third-order valence-electron chi connectivity index (χ3n) is 4.89. The van der Waals surface area contributed by atoms with Gasteiger partial charge in [-0.3, -0.25) is 9.79 Å². The Balaban J connectivity index is 0.00000261. The van der Waals surface area contributed by atoms with Crippen LogP contribution in [0.1, 0.15) is 18.4 Å². The lowest BCUT2D eigenvalue weighted by Gasteiger charge is -2.37. The lowest BCUT2D eigenvalue weighted by molar-refractivity contribution is -0.142. The SMILES string of the molecule is CN=C(NCCc1cccc(Cl)c1)N1CCN(C(=O)C2CCCO2)CC1.I. The molecule has 1 aromatic carbocycles. The third-order valence-corrected chi connectivity index (χ3v) is 5.13. The van der Waals surface area contributed by atoms with Crippen molar-refractivity contribution in [1.82, 2.24) is 15.1 Å². The molecule has 1 N–H and O–H groups in total. The standard InChI is InChI=1S/C19H27ClN4O2.HI/c1-21-19(22-8-7-15-4-2-5-16(20)14-15)24-11-9-23(10-12-24)18(25)17-6-3-13-26-17;/h2,4-5,14,17H,3,6-13H2,1H3,(H,21,22);1H. The van der Waals surface area contributed by atoms with Crippen molar-refractivity contribution in [2.45, 2.75) is 25.4 Å². The van der Waals surface area contributed by atoms with Crippen LogP contribution in [-0.2, 0) is 16.0 Å². The van der Waals surface area contributed by atoms with Gasteiger partial charge in [-0.15, -0.1) is 24.0 Å². The van der Waals surface area contributed by atoms with Crippen molar-refractivity contribution in [3.63, 3.8) is 0 Å². The molecule has 6 nitrogen and oxygen atoms in total. The van der Waals surface area contributed by atoms with Crippen LogP contribution in [0.25, 0.3) is 0 Å². The van der Waals surface area contributed by atoms with Crippen LogP contribution in [0, 0.1) is 0 Å². The Labute approximate surface area is 183 Å². The monoisotopic (exact) mass is 506 g/mol. The predicted octanol–water partition coefficient (Wildman–Crippen LogP) is 2.40. The Morgan fingerprint density at radius 3 is 2.67 bits per heavy atom. The number of aliphatic imine (C=N–C) groups is 1. The molecule has 0 aromatic heterocycles. The highest BCUT2D eigenvalue weighted by Crippen LogP contribution is 2.16. The molecule has 1 atom stereocenters. The van der Waals surface area contributed by atoms with Crippen molar-refractivity contribution < 1.29 is 9.53 Å². The summed E-state index contributed by atoms with van der Waals surface area (Å²) >= 11 is 6.03. The number of hydrogen-bond acceptors (Lipinski definition) is 3. The summed E-state index contributed by atoms with van der Waals surface area (Å²) in [6, 6.07) is 7.92. The molecule has 2 fully saturated rings. The maximum atomic E-state index is 12.4. The minimum atomic E-state index is -0.225. The molecule has 0 aliphatic carbocycles. The second-order valence-electron chi connectivity index (χ2n) is 6.67. The third kappa shape index (κ3) is 6.22. The van der Waals surface area contributed by atoms with Crippen molar-refractivity contribution >= 4 is 47.4 Å². The molecule has 2 heterocycles. The van der Waals surface area contributed by atoms with Gasteiger partial charge in [0.2, 0.25) is 0 Å². The summed E-state index contributed by atoms with van der Waals surface area (Å²) in [5.41, 5.74) is 1.20. The molecule has 2 saturated heterocycles. The van der Waals surface area contributed by atoms with Gasteiger partial charge in [-0.25, -0.2) is 0 Å². The molecule has 0 bridgehead atoms. The van der Waals surface area contributed by atoms with Crippen molar-refractivity contribution in [3.8, 4) is 0 Å². The molecule has 3 rings (SSSR count). The zero-order chi connectivity index (χ0) is 18.4. The minimum Gasteiger partial charge on any atom is -0.368 e. The summed E-state index contributed by atoms with van der Waals surface area (Å²) in [4.78, 5) is 20.9. The highest BCUT2D eigenvalue weighted by molar-refractivity contribution is 14.0. The fourth-order valence-electron chi connectivity index (χ4n) is 3.46. The first-order valence-corrected chi connectivity index (χ1v) is 9.65. The normalized spacial score (nSPS) is 20.4. The van der Waals surface area contributed by atoms with E-state index in [9.17, 15) is 4.79 Å². The van der Waals surface area contributed by atoms with E-state index in [2.05, 4.69) is 21.3 Å². The largest absolute Gasteiger partial charge is 0.368 e. The number of amides is 1. The average Bonchev–Trinajstić information content (AvgIpc) is 3.20. The number of halogens is 2. The van der Waals surface area contributed by atoms with Gasteiger partial charge in [-0.2, -0.15) is 0 Å². The van der Waals surface area contributed by atoms with Gasteiger partial charge < -0.3 is 19.9 Å². The topological polar surface area (TPSA) is 57.2 Å². The van der Waals surface area contributed by atoms with E-state index in [4.69, 9.17) is 16.3 Å². The molecule has 27 heavy (non-hydrogen) atoms. The van der Waals surface area contributed by atoms with E-state index < -0.39 is 0 Å². The second-order valence-corrected chi connectivity index (χ2v) is 7.10. The molecule has 0 radical (unpaired) electrons. The maximum absolute atomic E-state index is 12.4. The van der Waals surface area contributed by atoms with E-state index >= 15 is 0 Å². The molecule has 0 spiro atoms. The zero-order valence-corrected chi connectivity index (χ0v) is 18.8. The van der Waals surface area contributed by atoms with Gasteiger partial charge in [0.05, 0.1) is 0 Å². The first kappa shape index (κ1) is 22.2. The fourth-order valence-corrected chi connectivity index (χ4v) is 3.67. The first-order chi connectivity index (χ1) is 12.7. The maximum Gasteiger partial charge on any atom is 0.251 e. The van der Waals surface area contributed by atoms with Crippen LogP contribution in [0.3, 0.4) is 0 Å². The second kappa shape index (κ2) is 11.1. The van der Waals surface area contributed by atoms with Gasteiger partial charge in [-0.1, -0.05) is 23.7 Å². The van der Waals surface area contributed by atoms with E-state index in [-0.39, 0.29) is 36.0 Å². The van der Waals surface area contributed by atoms with Gasteiger partial charge in [0.15, 0.2) is 5.96 Å². The first-order valence-electron chi connectivity index (χ1n) is 9.28. The van der Waals surface area contributed by atoms with Crippen LogP contribution >= 0.6 is 35.6 Å². The lowest BCUT2D eigenvalue weighted by atomic mass is 10.1. The van der Waals surface area contributed by atoms with Crippen LogP contribution < -0.4 is 5.32 Å². The quantitative estimate of drug-likeness (QED) is 0.387. The van der Waals surface area contributed by atoms with E-state index in [1.807, 2.05) is 23.1 Å². The predicted molar refractivity (Wildman–Crippen MR) is 119 cm³/mol. The highest BCUT2D eigenvalue weighted by atomic mass is 127. The summed E-state index contributed by atoms with van der Waals surface area (Å²) in [6.07, 6.45) is 2.50. The molecule has 1 aromatic rings. The Hall–Kier alpha value is -1.06. The van der Waals surface area contributed by atoms with Crippen molar-refractivity contribution in [1.29, 1.82) is 0 Å². The molecule has 150 valence electrons. The lowest BCUT2D eigenvalue weighted by Crippen LogP contribution is -2.55. The molecular weight excluding hydrogens is 479 g/mol. The Bertz CT molecular complexity index is 644. The summed E-state index contributed by atoms with van der Waals surface area (Å²) in [5.74, 6) is 1.03. The Kier molecular flexibility index (Phi) is 9.11. The number of rotatable bonds is 4. The number of benzene rings is 1. The summed E-state index contributed by atoms with van der Waals surface area (Å²) in [5, 5.41) is 4.17. The molecule has 1 amide bonds. The number of carbonyl (C=O) groups is 1. The smallest absolute Gasteiger partial charge is 0.251 e. The number of carbonyl (C=O) groups excluding carboxylic acids is 1. The van der Waals surface area contributed by atoms with E-state index in [0.717, 1.165) is 49.9 Å². The van der Waals surface area contributed by atoms with E-state index in [1.165, 1.54) is 5.56 Å². The number of piperazine rings is 1. The van der Waals surface area contributed by atoms with Crippen molar-refractivity contribution in [2.75, 3.05) is 46.4 Å². The van der Waals surface area contributed by atoms with Crippen LogP contribution in [0.5, 0.6) is 0 Å². The summed E-state index contributed by atoms with van der Waals surface area (Å²) < 4.78 is 5.52. The fraction of sp³-hybridized carbons (Fsp3) is 0.579. The van der Waals surface area contributed by atoms with Gasteiger partial charge in [0.1, 0.15) is 6.10 Å². The Morgan fingerprint density at radius 1 is 1.30 bits per heavy atom. The molecule has 8 heteroatoms. The van der Waals surface area contributed by atoms with Crippen LogP contribution in [-0.4, -0.2) is 74.1 Å². The van der Waals surface area contributed by atoms with Gasteiger partial charge in [0, 0.05) is 51.4 Å². The number of guanidine groups is 1. The number of hydrogen-bond donors (Lipinski definition) is 1. The van der Waals surface area contributed by atoms with Crippen molar-refractivity contribution in [3.05, 3.63) is 34.9 Å². The molecular formula is C19H28ClIN4O2. The number of nitrogens with one attached hydrogen (secondary N) is 1. The van der Waals surface area contributed by atoms with Crippen molar-refractivity contribution in [2.24, 2.45) is 4.99 Å². The molecule has 0 saturated carbocycles. The van der Waals surface area contributed by atoms with E-state index in [1.54, 1.807) is 7.05 Å². The molecule has 1 unspecified atom stereocenters. The molecule has 2 aliphatic rings. The Morgan fingerprint density at radius 2 is 2.04 bits per heavy atom. The van der Waals surface area contributed by atoms with Crippen LogP contribution in [0.2, 0.25) is 5.02 Å². The zero-order valence-electron chi connectivity index (χ0n) is 15.7. The van der Waals surface area contributed by atoms with Gasteiger partial charge in [0.25, 0.3) is 5.91 Å². The summed E-state index contributed by atoms with van der Waals surface area (Å²) in [6.45, 7) is 4.51. The minimum absolute atomic E-state index is 0. The van der Waals surface area contributed by atoms with Gasteiger partial charge in [-0.05, 0) is 37.0 Å². The number of nitrogens with zero attached hydrogens (tertiary/aromatic N) is 3. The van der Waals surface area contributed by atoms with E-state index in [0.29, 0.717) is 19.7 Å². The van der Waals surface area contributed by atoms with Gasteiger partial charge >= 0.3 is 0 Å². The summed E-state index contributed by atoms with van der Waals surface area (Å²) in [7, 11) is 1.80. The van der Waals surface area contributed by atoms with Crippen LogP contribution in [0.15, 0.2) is 29.3 Å². The average molecular weight is 507 g/mol. The highest BCUT2D eigenvalue weighted by Gasteiger charge is 2.30. The molecule has 2 aliphatic heterocycles.